The summed E-state index contributed by atoms with van der Waals surface area (Å²) in [6, 6.07) is 28.8. The van der Waals surface area contributed by atoms with Gasteiger partial charge in [0.25, 0.3) is 14.1 Å². The lowest BCUT2D eigenvalue weighted by atomic mass is 9.80. The number of aromatic nitrogens is 2. The lowest BCUT2D eigenvalue weighted by molar-refractivity contribution is -0.117. The van der Waals surface area contributed by atoms with Crippen molar-refractivity contribution in [3.05, 3.63) is 129 Å². The molecule has 1 saturated heterocycles. The first kappa shape index (κ1) is 46.9. The van der Waals surface area contributed by atoms with Gasteiger partial charge in [-0.3, -0.25) is 14.3 Å². The van der Waals surface area contributed by atoms with E-state index in [4.69, 9.17) is 28.0 Å². The molecule has 0 radical (unpaired) electrons. The third-order valence-electron chi connectivity index (χ3n) is 11.7. The number of nitriles is 1. The van der Waals surface area contributed by atoms with Gasteiger partial charge in [-0.15, -0.1) is 0 Å². The van der Waals surface area contributed by atoms with Crippen molar-refractivity contribution in [1.82, 2.24) is 14.2 Å². The first-order valence-electron chi connectivity index (χ1n) is 20.3. The zero-order valence-corrected chi connectivity index (χ0v) is 38.5. The van der Waals surface area contributed by atoms with Gasteiger partial charge in [0.05, 0.1) is 47.1 Å². The molecule has 4 aromatic rings. The second-order valence-electron chi connectivity index (χ2n) is 17.1. The number of hydrogen-bond donors (Lipinski definition) is 2. The van der Waals surface area contributed by atoms with Crippen LogP contribution < -0.4 is 20.7 Å². The molecule has 1 aliphatic heterocycles. The molecular weight excluding hydrogens is 800 g/mol. The Balaban J connectivity index is 1.83. The Labute approximate surface area is 356 Å². The molecule has 0 saturated carbocycles. The Hall–Kier alpha value is -4.16. The van der Waals surface area contributed by atoms with Gasteiger partial charge in [0.2, 0.25) is 0 Å². The number of H-pyrrole nitrogens is 1. The number of benzene rings is 3. The summed E-state index contributed by atoms with van der Waals surface area (Å²) in [7, 11) is -1.51. The first-order valence-corrected chi connectivity index (χ1v) is 24.5. The highest BCUT2D eigenvalue weighted by molar-refractivity contribution is 7.44. The molecule has 0 aliphatic carbocycles. The van der Waals surface area contributed by atoms with Crippen molar-refractivity contribution in [2.24, 2.45) is 0 Å². The van der Waals surface area contributed by atoms with Gasteiger partial charge in [0.1, 0.15) is 35.4 Å². The molecule has 0 amide bonds. The summed E-state index contributed by atoms with van der Waals surface area (Å²) in [5.41, 5.74) is -0.942. The summed E-state index contributed by atoms with van der Waals surface area (Å²) in [6.45, 7) is 19.3. The molecule has 2 unspecified atom stereocenters. The topological polar surface area (TPSA) is 158 Å². The van der Waals surface area contributed by atoms with E-state index in [0.29, 0.717) is 11.5 Å². The minimum atomic E-state index is -2.84. The molecule has 2 N–H and O–H groups in total. The molecule has 1 fully saturated rings. The van der Waals surface area contributed by atoms with Crippen molar-refractivity contribution in [1.29, 1.82) is 5.26 Å². The van der Waals surface area contributed by atoms with Gasteiger partial charge < -0.3 is 33.1 Å². The highest BCUT2D eigenvalue weighted by Gasteiger charge is 2.59. The largest absolute Gasteiger partial charge is 0.497 e. The van der Waals surface area contributed by atoms with E-state index >= 15 is 0 Å². The Kier molecular flexibility index (Phi) is 15.4. The monoisotopic (exact) mass is 860 g/mol. The summed E-state index contributed by atoms with van der Waals surface area (Å²) < 4.78 is 43.0. The van der Waals surface area contributed by atoms with Crippen LogP contribution in [0.25, 0.3) is 0 Å². The Bertz CT molecular complexity index is 2100. The number of aromatic amines is 1. The first-order chi connectivity index (χ1) is 28.4. The number of nitrogens with one attached hydrogen (secondary N) is 1. The zero-order chi connectivity index (χ0) is 44.0. The summed E-state index contributed by atoms with van der Waals surface area (Å²) in [6.07, 6.45) is -3.39. The highest BCUT2D eigenvalue weighted by Crippen LogP contribution is 2.54. The van der Waals surface area contributed by atoms with Crippen molar-refractivity contribution in [2.75, 3.05) is 20.8 Å². The Morgan fingerprint density at radius 3 is 1.88 bits per heavy atom. The predicted molar refractivity (Wildman–Crippen MR) is 236 cm³/mol. The number of rotatable bonds is 18. The molecule has 324 valence electrons. The van der Waals surface area contributed by atoms with Crippen molar-refractivity contribution >= 4 is 16.6 Å². The van der Waals surface area contributed by atoms with Crippen LogP contribution in [0, 0.1) is 11.3 Å². The molecule has 15 heteroatoms. The van der Waals surface area contributed by atoms with Crippen LogP contribution in [0.15, 0.2) is 101 Å². The quantitative estimate of drug-likeness (QED) is 0.0434. The molecule has 1 aromatic heterocycles. The van der Waals surface area contributed by atoms with Gasteiger partial charge in [-0.25, -0.2) is 9.46 Å². The Morgan fingerprint density at radius 1 is 0.883 bits per heavy atom. The van der Waals surface area contributed by atoms with Gasteiger partial charge in [-0.2, -0.15) is 5.26 Å². The molecule has 0 spiro atoms. The summed E-state index contributed by atoms with van der Waals surface area (Å²) in [5, 5.41) is 21.7. The Morgan fingerprint density at radius 2 is 1.42 bits per heavy atom. The second-order valence-corrected chi connectivity index (χ2v) is 24.0. The van der Waals surface area contributed by atoms with Gasteiger partial charge in [-0.1, -0.05) is 88.5 Å². The lowest BCUT2D eigenvalue weighted by Gasteiger charge is -2.50. The maximum Gasteiger partial charge on any atom is 0.330 e. The van der Waals surface area contributed by atoms with Crippen molar-refractivity contribution in [2.45, 2.75) is 121 Å². The number of nitrogens with zero attached hydrogens (tertiary/aromatic N) is 3. The van der Waals surface area contributed by atoms with E-state index < -0.39 is 63.7 Å². The fraction of sp³-hybridized carbons (Fsp3) is 0.489. The third kappa shape index (κ3) is 9.80. The van der Waals surface area contributed by atoms with E-state index in [1.54, 1.807) is 14.2 Å². The van der Waals surface area contributed by atoms with E-state index in [0.717, 1.165) is 16.7 Å². The van der Waals surface area contributed by atoms with Crippen LogP contribution in [0.2, 0.25) is 18.1 Å². The standard InChI is InChI=1S/C45H61N4O9PSi/c1-30(2)49(31(3)4)59(55-29-15-27-46)58-39-38(51)41(48-28-26-37(50)47-43(48)52)56-40(39)42(60(10,11)44(5,6)7)57-45(32-16-13-12-14-17-32,33-18-22-35(53-8)23-19-33)34-20-24-36(54-9)25-21-34/h12-14,16-26,28,30-31,38-42,51H,15,29H2,1-11H3,(H,47,50,52)/t38-,39-,40-,41+,42?,59?/m0/s1. The fourth-order valence-electron chi connectivity index (χ4n) is 7.57. The second kappa shape index (κ2) is 19.7. The highest BCUT2D eigenvalue weighted by atomic mass is 31.2. The SMILES string of the molecule is COc1ccc(C(OC([C@H]2O[C@@H](n3ccc(=O)[nH]c3=O)[C@@H](O)[C@@H]2OP(OCCC#N)N(C(C)C)C(C)C)[Si](C)(C)C(C)(C)C)(c2ccccc2)c2ccc(OC)cc2)cc1. The van der Waals surface area contributed by atoms with Gasteiger partial charge >= 0.3 is 5.69 Å². The van der Waals surface area contributed by atoms with Crippen LogP contribution in [-0.2, 0) is 24.1 Å². The van der Waals surface area contributed by atoms with Crippen LogP contribution >= 0.6 is 8.53 Å². The third-order valence-corrected chi connectivity index (χ3v) is 19.5. The van der Waals surface area contributed by atoms with E-state index in [2.05, 4.69) is 49.6 Å². The fourth-order valence-corrected chi connectivity index (χ4v) is 11.7. The number of ether oxygens (including phenoxy) is 4. The summed E-state index contributed by atoms with van der Waals surface area (Å²) in [5.74, 6) is 1.34. The number of hydrogen-bond acceptors (Lipinski definition) is 11. The zero-order valence-electron chi connectivity index (χ0n) is 36.6. The minimum Gasteiger partial charge on any atom is -0.497 e. The predicted octanol–water partition coefficient (Wildman–Crippen LogP) is 7.90. The molecule has 13 nitrogen and oxygen atoms in total. The maximum atomic E-state index is 13.5. The smallest absolute Gasteiger partial charge is 0.330 e. The van der Waals surface area contributed by atoms with Crippen molar-refractivity contribution in [3.8, 4) is 17.6 Å². The summed E-state index contributed by atoms with van der Waals surface area (Å²) >= 11 is 0. The normalized spacial score (nSPS) is 19.7. The molecule has 5 rings (SSSR count). The molecule has 60 heavy (non-hydrogen) atoms. The van der Waals surface area contributed by atoms with Crippen LogP contribution in [0.1, 0.15) is 77.8 Å². The lowest BCUT2D eigenvalue weighted by Crippen LogP contribution is -2.61. The molecule has 3 aromatic carbocycles. The van der Waals surface area contributed by atoms with Crippen LogP contribution in [0.3, 0.4) is 0 Å². The van der Waals surface area contributed by atoms with Crippen molar-refractivity contribution in [3.63, 3.8) is 0 Å². The van der Waals surface area contributed by atoms with Crippen molar-refractivity contribution < 1.29 is 33.1 Å². The molecule has 6 atom stereocenters. The van der Waals surface area contributed by atoms with Crippen LogP contribution in [-0.4, -0.2) is 84.4 Å². The van der Waals surface area contributed by atoms with Crippen LogP contribution in [0.4, 0.5) is 0 Å². The maximum absolute atomic E-state index is 13.5. The van der Waals surface area contributed by atoms with E-state index in [-0.39, 0.29) is 30.1 Å². The van der Waals surface area contributed by atoms with Gasteiger partial charge in [0.15, 0.2) is 6.23 Å². The van der Waals surface area contributed by atoms with E-state index in [1.807, 2.05) is 107 Å². The number of aliphatic hydroxyl groups is 1. The molecule has 0 bridgehead atoms. The number of methoxy groups -OCH3 is 2. The number of aliphatic hydroxyl groups excluding tert-OH is 1. The van der Waals surface area contributed by atoms with Gasteiger partial charge in [0, 0.05) is 24.3 Å². The summed E-state index contributed by atoms with van der Waals surface area (Å²) in [4.78, 5) is 28.0. The van der Waals surface area contributed by atoms with E-state index in [1.165, 1.54) is 16.8 Å². The minimum absolute atomic E-state index is 0.0444. The molecule has 1 aliphatic rings. The van der Waals surface area contributed by atoms with Crippen LogP contribution in [0.5, 0.6) is 11.5 Å². The molecule has 2 heterocycles. The van der Waals surface area contributed by atoms with E-state index in [9.17, 15) is 20.0 Å². The van der Waals surface area contributed by atoms with Gasteiger partial charge in [-0.05, 0) is 73.7 Å². The molecular formula is C45H61N4O9PSi. The average Bonchev–Trinajstić information content (AvgIpc) is 3.52. The average molecular weight is 861 g/mol.